The van der Waals surface area contributed by atoms with Gasteiger partial charge >= 0.3 is 0 Å². The molecule has 0 heterocycles. The van der Waals surface area contributed by atoms with Crippen molar-refractivity contribution in [3.8, 4) is 0 Å². The average molecular weight is 500 g/mol. The highest BCUT2D eigenvalue weighted by molar-refractivity contribution is 14.1. The highest BCUT2D eigenvalue weighted by atomic mass is 127. The molecule has 0 saturated heterocycles. The minimum atomic E-state index is -1.85. The third-order valence-electron chi connectivity index (χ3n) is 3.25. The van der Waals surface area contributed by atoms with Crippen molar-refractivity contribution in [1.82, 2.24) is 5.48 Å². The molecular weight excluding hydrogens is 487 g/mol. The van der Waals surface area contributed by atoms with Crippen LogP contribution in [0.15, 0.2) is 24.3 Å². The summed E-state index contributed by atoms with van der Waals surface area (Å²) in [6.07, 6.45) is -1.30. The van der Waals surface area contributed by atoms with Gasteiger partial charge in [-0.25, -0.2) is 23.0 Å². The van der Waals surface area contributed by atoms with Gasteiger partial charge in [0.05, 0.1) is 23.5 Å². The van der Waals surface area contributed by atoms with E-state index in [0.717, 1.165) is 6.07 Å². The zero-order valence-corrected chi connectivity index (χ0v) is 15.6. The van der Waals surface area contributed by atoms with Gasteiger partial charge in [0.15, 0.2) is 17.5 Å². The van der Waals surface area contributed by atoms with E-state index in [2.05, 4.69) is 10.2 Å². The molecule has 11 heteroatoms. The first-order valence-corrected chi connectivity index (χ1v) is 8.43. The van der Waals surface area contributed by atoms with Crippen molar-refractivity contribution in [2.75, 3.05) is 18.5 Å². The van der Waals surface area contributed by atoms with E-state index in [-0.39, 0.29) is 5.69 Å². The lowest BCUT2D eigenvalue weighted by Gasteiger charge is -2.15. The summed E-state index contributed by atoms with van der Waals surface area (Å²) < 4.78 is 55.8. The third kappa shape index (κ3) is 5.28. The van der Waals surface area contributed by atoms with Gasteiger partial charge in [0.1, 0.15) is 18.5 Å². The molecule has 1 atom stereocenters. The molecule has 0 spiro atoms. The molecule has 0 aliphatic heterocycles. The van der Waals surface area contributed by atoms with Gasteiger partial charge in [0.2, 0.25) is 0 Å². The van der Waals surface area contributed by atoms with Crippen LogP contribution < -0.4 is 10.8 Å². The predicted molar refractivity (Wildman–Crippen MR) is 95.2 cm³/mol. The second-order valence-electron chi connectivity index (χ2n) is 5.24. The normalized spacial score (nSPS) is 12.0. The van der Waals surface area contributed by atoms with Crippen LogP contribution in [0.1, 0.15) is 10.4 Å². The molecule has 0 aliphatic rings. The number of amides is 1. The Labute approximate surface area is 164 Å². The van der Waals surface area contributed by atoms with Crippen LogP contribution in [0.3, 0.4) is 0 Å². The molecule has 0 bridgehead atoms. The molecule has 0 radical (unpaired) electrons. The minimum Gasteiger partial charge on any atom is -0.394 e. The Bertz CT molecular complexity index is 854. The smallest absolute Gasteiger partial charge is 0.277 e. The topological polar surface area (TPSA) is 90.8 Å². The molecule has 6 nitrogen and oxygen atoms in total. The number of carbonyl (C=O) groups is 1. The predicted octanol–water partition coefficient (Wildman–Crippen LogP) is 2.61. The first-order chi connectivity index (χ1) is 12.7. The standard InChI is InChI=1S/C16H13F4IN2O4/c17-10-3-7(21)1-2-12(10)22-15-9(4-11(18)13(19)14(15)20)16(26)23-27-6-8(25)5-24/h1-4,8,22,24-25H,5-6H2,(H,23,26). The van der Waals surface area contributed by atoms with Gasteiger partial charge in [-0.2, -0.15) is 0 Å². The quantitative estimate of drug-likeness (QED) is 0.203. The Morgan fingerprint density at radius 2 is 1.85 bits per heavy atom. The van der Waals surface area contributed by atoms with Gasteiger partial charge in [-0.15, -0.1) is 0 Å². The third-order valence-corrected chi connectivity index (χ3v) is 3.92. The summed E-state index contributed by atoms with van der Waals surface area (Å²) in [7, 11) is 0. The Hall–Kier alpha value is -1.96. The largest absolute Gasteiger partial charge is 0.394 e. The Kier molecular flexibility index (Phi) is 7.35. The number of halogens is 5. The molecule has 2 aromatic carbocycles. The number of carbonyl (C=O) groups excluding carboxylic acids is 1. The van der Waals surface area contributed by atoms with E-state index in [9.17, 15) is 22.4 Å². The van der Waals surface area contributed by atoms with Crippen molar-refractivity contribution in [3.05, 3.63) is 56.7 Å². The first kappa shape index (κ1) is 21.3. The number of aliphatic hydroxyl groups excluding tert-OH is 2. The van der Waals surface area contributed by atoms with Gasteiger partial charge in [-0.3, -0.25) is 9.63 Å². The van der Waals surface area contributed by atoms with Crippen molar-refractivity contribution >= 4 is 39.9 Å². The van der Waals surface area contributed by atoms with Gasteiger partial charge in [0, 0.05) is 3.57 Å². The molecule has 4 N–H and O–H groups in total. The maximum atomic E-state index is 14.2. The van der Waals surface area contributed by atoms with Gasteiger partial charge in [0.25, 0.3) is 5.91 Å². The lowest BCUT2D eigenvalue weighted by atomic mass is 10.1. The van der Waals surface area contributed by atoms with Gasteiger partial charge in [-0.05, 0) is 46.9 Å². The van der Waals surface area contributed by atoms with Crippen LogP contribution in [-0.4, -0.2) is 35.4 Å². The Morgan fingerprint density at radius 1 is 1.15 bits per heavy atom. The van der Waals surface area contributed by atoms with Crippen LogP contribution in [0.4, 0.5) is 28.9 Å². The fraction of sp³-hybridized carbons (Fsp3) is 0.188. The maximum absolute atomic E-state index is 14.2. The number of nitrogens with one attached hydrogen (secondary N) is 2. The van der Waals surface area contributed by atoms with E-state index >= 15 is 0 Å². The van der Waals surface area contributed by atoms with E-state index in [0.29, 0.717) is 9.64 Å². The highest BCUT2D eigenvalue weighted by Crippen LogP contribution is 2.30. The lowest BCUT2D eigenvalue weighted by molar-refractivity contribution is -0.0295. The van der Waals surface area contributed by atoms with E-state index in [1.165, 1.54) is 12.1 Å². The van der Waals surface area contributed by atoms with E-state index in [4.69, 9.17) is 10.2 Å². The molecule has 1 amide bonds. The summed E-state index contributed by atoms with van der Waals surface area (Å²) in [5.41, 5.74) is 0.00170. The zero-order valence-electron chi connectivity index (χ0n) is 13.4. The number of benzene rings is 2. The number of rotatable bonds is 7. The number of anilines is 2. The SMILES string of the molecule is O=C(NOCC(O)CO)c1cc(F)c(F)c(F)c1Nc1ccc(I)cc1F. The molecule has 2 aromatic rings. The van der Waals surface area contributed by atoms with Gasteiger partial charge in [-0.1, -0.05) is 0 Å². The summed E-state index contributed by atoms with van der Waals surface area (Å²) in [5, 5.41) is 20.0. The van der Waals surface area contributed by atoms with Crippen molar-refractivity contribution in [1.29, 1.82) is 0 Å². The average Bonchev–Trinajstić information content (AvgIpc) is 2.63. The molecule has 0 aliphatic carbocycles. The molecule has 1 unspecified atom stereocenters. The second-order valence-corrected chi connectivity index (χ2v) is 6.48. The molecule has 2 rings (SSSR count). The van der Waals surface area contributed by atoms with Crippen molar-refractivity contribution < 1.29 is 37.4 Å². The lowest BCUT2D eigenvalue weighted by Crippen LogP contribution is -2.30. The summed E-state index contributed by atoms with van der Waals surface area (Å²) in [6.45, 7) is -1.16. The molecule has 146 valence electrons. The van der Waals surface area contributed by atoms with Gasteiger partial charge < -0.3 is 15.5 Å². The number of hydroxylamine groups is 1. The fourth-order valence-corrected chi connectivity index (χ4v) is 2.39. The second kappa shape index (κ2) is 9.30. The van der Waals surface area contributed by atoms with Crippen LogP contribution in [0.2, 0.25) is 0 Å². The van der Waals surface area contributed by atoms with Crippen LogP contribution >= 0.6 is 22.6 Å². The van der Waals surface area contributed by atoms with Crippen LogP contribution in [0.25, 0.3) is 0 Å². The maximum Gasteiger partial charge on any atom is 0.277 e. The summed E-state index contributed by atoms with van der Waals surface area (Å²) in [4.78, 5) is 16.7. The van der Waals surface area contributed by atoms with E-state index in [1.54, 1.807) is 5.48 Å². The summed E-state index contributed by atoms with van der Waals surface area (Å²) in [5.74, 6) is -7.21. The Morgan fingerprint density at radius 3 is 2.48 bits per heavy atom. The summed E-state index contributed by atoms with van der Waals surface area (Å²) in [6, 6.07) is 4.23. The number of hydrogen-bond acceptors (Lipinski definition) is 5. The monoisotopic (exact) mass is 500 g/mol. The molecule has 27 heavy (non-hydrogen) atoms. The zero-order chi connectivity index (χ0) is 20.1. The summed E-state index contributed by atoms with van der Waals surface area (Å²) >= 11 is 1.84. The minimum absolute atomic E-state index is 0.272. The van der Waals surface area contributed by atoms with E-state index < -0.39 is 59.7 Å². The van der Waals surface area contributed by atoms with Crippen LogP contribution in [0.5, 0.6) is 0 Å². The Balaban J connectivity index is 2.34. The first-order valence-electron chi connectivity index (χ1n) is 7.35. The highest BCUT2D eigenvalue weighted by Gasteiger charge is 2.24. The van der Waals surface area contributed by atoms with E-state index in [1.807, 2.05) is 22.6 Å². The van der Waals surface area contributed by atoms with Crippen LogP contribution in [0, 0.1) is 26.8 Å². The van der Waals surface area contributed by atoms with Crippen LogP contribution in [-0.2, 0) is 4.84 Å². The van der Waals surface area contributed by atoms with Crippen molar-refractivity contribution in [3.63, 3.8) is 0 Å². The molecule has 0 fully saturated rings. The molecular formula is C16H13F4IN2O4. The molecule has 0 aromatic heterocycles. The van der Waals surface area contributed by atoms with Crippen molar-refractivity contribution in [2.24, 2.45) is 0 Å². The number of aliphatic hydroxyl groups is 2. The molecule has 0 saturated carbocycles. The van der Waals surface area contributed by atoms with Crippen molar-refractivity contribution in [2.45, 2.75) is 6.10 Å². The fourth-order valence-electron chi connectivity index (χ4n) is 1.93. The number of hydrogen-bond donors (Lipinski definition) is 4.